The van der Waals surface area contributed by atoms with Crippen LogP contribution in [0.2, 0.25) is 0 Å². The van der Waals surface area contributed by atoms with Gasteiger partial charge in [-0.25, -0.2) is 4.79 Å². The van der Waals surface area contributed by atoms with Crippen molar-refractivity contribution >= 4 is 11.9 Å². The molecule has 0 radical (unpaired) electrons. The van der Waals surface area contributed by atoms with Crippen LogP contribution >= 0.6 is 0 Å². The molecule has 2 atom stereocenters. The van der Waals surface area contributed by atoms with Gasteiger partial charge in [-0.1, -0.05) is 0 Å². The fraction of sp³-hybridized carbons (Fsp3) is 0.615. The van der Waals surface area contributed by atoms with Crippen LogP contribution < -0.4 is 11.1 Å². The maximum atomic E-state index is 12.2. The minimum atomic E-state index is -0.452. The molecule has 20 heavy (non-hydrogen) atoms. The fourth-order valence-electron chi connectivity index (χ4n) is 2.49. The van der Waals surface area contributed by atoms with Gasteiger partial charge in [0.2, 0.25) is 5.91 Å². The van der Waals surface area contributed by atoms with E-state index in [1.165, 1.54) is 4.90 Å². The third kappa shape index (κ3) is 3.72. The van der Waals surface area contributed by atoms with Crippen LogP contribution in [0.1, 0.15) is 19.8 Å². The van der Waals surface area contributed by atoms with Gasteiger partial charge in [-0.15, -0.1) is 0 Å². The Bertz CT molecular complexity index is 459. The molecule has 2 heterocycles. The van der Waals surface area contributed by atoms with E-state index in [-0.39, 0.29) is 17.9 Å². The molecule has 3 N–H and O–H groups in total. The predicted molar refractivity (Wildman–Crippen MR) is 73.7 cm³/mol. The Labute approximate surface area is 118 Å². The Kier molecular flexibility index (Phi) is 4.60. The van der Waals surface area contributed by atoms with Crippen LogP contribution in [0.25, 0.3) is 0 Å². The highest BCUT2D eigenvalue weighted by Crippen LogP contribution is 2.16. The summed E-state index contributed by atoms with van der Waals surface area (Å²) in [5, 5.41) is 7.08. The summed E-state index contributed by atoms with van der Waals surface area (Å²) >= 11 is 0. The summed E-state index contributed by atoms with van der Waals surface area (Å²) in [4.78, 5) is 24.9. The van der Waals surface area contributed by atoms with E-state index in [9.17, 15) is 9.59 Å². The molecule has 2 rings (SSSR count). The van der Waals surface area contributed by atoms with E-state index in [1.807, 2.05) is 19.2 Å². The molecule has 1 fully saturated rings. The summed E-state index contributed by atoms with van der Waals surface area (Å²) in [5.74, 6) is -0.188. The number of rotatable bonds is 4. The fourth-order valence-corrected chi connectivity index (χ4v) is 2.49. The number of urea groups is 1. The average Bonchev–Trinajstić information content (AvgIpc) is 2.91. The molecule has 0 unspecified atom stereocenters. The highest BCUT2D eigenvalue weighted by Gasteiger charge is 2.27. The third-order valence-corrected chi connectivity index (χ3v) is 3.51. The zero-order valence-corrected chi connectivity index (χ0v) is 11.7. The number of carbonyl (C=O) groups excluding carboxylic acids is 2. The summed E-state index contributed by atoms with van der Waals surface area (Å²) in [7, 11) is 0. The van der Waals surface area contributed by atoms with Gasteiger partial charge in [-0.05, 0) is 25.8 Å². The summed E-state index contributed by atoms with van der Waals surface area (Å²) in [5.41, 5.74) is 5.26. The maximum absolute atomic E-state index is 12.2. The quantitative estimate of drug-likeness (QED) is 0.823. The zero-order valence-electron chi connectivity index (χ0n) is 11.7. The highest BCUT2D eigenvalue weighted by atomic mass is 16.2. The van der Waals surface area contributed by atoms with Crippen molar-refractivity contribution < 1.29 is 9.59 Å². The van der Waals surface area contributed by atoms with Gasteiger partial charge in [-0.2, -0.15) is 5.10 Å². The van der Waals surface area contributed by atoms with Crippen molar-refractivity contribution in [2.75, 3.05) is 13.1 Å². The minimum Gasteiger partial charge on any atom is -0.351 e. The lowest BCUT2D eigenvalue weighted by molar-refractivity contribution is -0.127. The van der Waals surface area contributed by atoms with Crippen molar-refractivity contribution in [3.05, 3.63) is 18.5 Å². The zero-order chi connectivity index (χ0) is 14.5. The van der Waals surface area contributed by atoms with E-state index in [0.29, 0.717) is 19.6 Å². The first-order chi connectivity index (χ1) is 9.56. The first kappa shape index (κ1) is 14.4. The van der Waals surface area contributed by atoms with Gasteiger partial charge < -0.3 is 16.0 Å². The molecule has 7 heteroatoms. The van der Waals surface area contributed by atoms with Crippen molar-refractivity contribution in [1.29, 1.82) is 0 Å². The van der Waals surface area contributed by atoms with Gasteiger partial charge in [0.25, 0.3) is 0 Å². The molecule has 0 saturated carbocycles. The topological polar surface area (TPSA) is 93.2 Å². The lowest BCUT2D eigenvalue weighted by atomic mass is 9.97. The predicted octanol–water partition coefficient (Wildman–Crippen LogP) is 0.179. The van der Waals surface area contributed by atoms with Gasteiger partial charge in [0, 0.05) is 31.5 Å². The van der Waals surface area contributed by atoms with Crippen molar-refractivity contribution in [1.82, 2.24) is 20.0 Å². The number of nitrogens with one attached hydrogen (secondary N) is 1. The number of hydrogen-bond donors (Lipinski definition) is 2. The molecule has 0 aromatic carbocycles. The van der Waals surface area contributed by atoms with E-state index in [4.69, 9.17) is 5.73 Å². The van der Waals surface area contributed by atoms with E-state index >= 15 is 0 Å². The summed E-state index contributed by atoms with van der Waals surface area (Å²) in [6, 6.07) is 1.39. The van der Waals surface area contributed by atoms with Crippen LogP contribution in [-0.2, 0) is 11.3 Å². The van der Waals surface area contributed by atoms with Crippen LogP contribution in [0.4, 0.5) is 4.79 Å². The number of primary amides is 1. The molecule has 3 amide bonds. The number of aromatic nitrogens is 2. The van der Waals surface area contributed by atoms with E-state index in [0.717, 1.165) is 12.8 Å². The second-order valence-corrected chi connectivity index (χ2v) is 5.26. The number of nitrogens with two attached hydrogens (primary N) is 1. The summed E-state index contributed by atoms with van der Waals surface area (Å²) in [6.45, 7) is 3.62. The molecule has 1 aromatic heterocycles. The second-order valence-electron chi connectivity index (χ2n) is 5.26. The molecule has 1 aliphatic rings. The Morgan fingerprint density at radius 1 is 1.55 bits per heavy atom. The number of hydrogen-bond acceptors (Lipinski definition) is 3. The van der Waals surface area contributed by atoms with Gasteiger partial charge in [0.05, 0.1) is 12.5 Å². The SMILES string of the molecule is C[C@@H](Cn1cccn1)NC(=O)[C@@H]1CCCN(C(N)=O)C1. The van der Waals surface area contributed by atoms with Crippen molar-refractivity contribution in [3.8, 4) is 0 Å². The molecular weight excluding hydrogens is 258 g/mol. The lowest BCUT2D eigenvalue weighted by Crippen LogP contribution is -2.49. The first-order valence-corrected chi connectivity index (χ1v) is 6.88. The molecule has 0 spiro atoms. The normalized spacial score (nSPS) is 20.4. The van der Waals surface area contributed by atoms with E-state index in [1.54, 1.807) is 10.9 Å². The Balaban J connectivity index is 1.83. The molecular formula is C13H21N5O2. The Hall–Kier alpha value is -2.05. The van der Waals surface area contributed by atoms with Gasteiger partial charge >= 0.3 is 6.03 Å². The van der Waals surface area contributed by atoms with Crippen molar-refractivity contribution in [2.24, 2.45) is 11.7 Å². The average molecular weight is 279 g/mol. The standard InChI is InChI=1S/C13H21N5O2/c1-10(8-18-7-3-5-15-18)16-12(19)11-4-2-6-17(9-11)13(14)20/h3,5,7,10-11H,2,4,6,8-9H2,1H3,(H2,14,20)(H,16,19)/t10-,11+/m0/s1. The van der Waals surface area contributed by atoms with Crippen LogP contribution in [-0.4, -0.2) is 45.8 Å². The Morgan fingerprint density at radius 2 is 2.35 bits per heavy atom. The van der Waals surface area contributed by atoms with Gasteiger partial charge in [0.15, 0.2) is 0 Å². The Morgan fingerprint density at radius 3 is 3.00 bits per heavy atom. The molecule has 0 aliphatic carbocycles. The number of piperidine rings is 1. The van der Waals surface area contributed by atoms with Gasteiger partial charge in [-0.3, -0.25) is 9.48 Å². The van der Waals surface area contributed by atoms with E-state index < -0.39 is 6.03 Å². The smallest absolute Gasteiger partial charge is 0.314 e. The molecule has 110 valence electrons. The maximum Gasteiger partial charge on any atom is 0.314 e. The van der Waals surface area contributed by atoms with Crippen LogP contribution in [0.5, 0.6) is 0 Å². The second kappa shape index (κ2) is 6.40. The van der Waals surface area contributed by atoms with Crippen molar-refractivity contribution in [2.45, 2.75) is 32.4 Å². The summed E-state index contributed by atoms with van der Waals surface area (Å²) < 4.78 is 1.78. The molecule has 7 nitrogen and oxygen atoms in total. The first-order valence-electron chi connectivity index (χ1n) is 6.88. The van der Waals surface area contributed by atoms with Crippen LogP contribution in [0, 0.1) is 5.92 Å². The highest BCUT2D eigenvalue weighted by molar-refractivity contribution is 5.80. The largest absolute Gasteiger partial charge is 0.351 e. The van der Waals surface area contributed by atoms with Crippen LogP contribution in [0.3, 0.4) is 0 Å². The number of carbonyl (C=O) groups is 2. The molecule has 1 aromatic rings. The number of amides is 3. The molecule has 1 saturated heterocycles. The molecule has 1 aliphatic heterocycles. The lowest BCUT2D eigenvalue weighted by Gasteiger charge is -2.31. The third-order valence-electron chi connectivity index (χ3n) is 3.51. The monoisotopic (exact) mass is 279 g/mol. The van der Waals surface area contributed by atoms with Gasteiger partial charge in [0.1, 0.15) is 0 Å². The number of nitrogens with zero attached hydrogens (tertiary/aromatic N) is 3. The summed E-state index contributed by atoms with van der Waals surface area (Å²) in [6.07, 6.45) is 5.18. The minimum absolute atomic E-state index is 0.00801. The molecule has 0 bridgehead atoms. The van der Waals surface area contributed by atoms with Crippen molar-refractivity contribution in [3.63, 3.8) is 0 Å². The van der Waals surface area contributed by atoms with Crippen LogP contribution in [0.15, 0.2) is 18.5 Å². The van der Waals surface area contributed by atoms with E-state index in [2.05, 4.69) is 10.4 Å². The number of likely N-dealkylation sites (tertiary alicyclic amines) is 1.